The Kier molecular flexibility index (Phi) is 3.41. The fourth-order valence-corrected chi connectivity index (χ4v) is 1.12. The van der Waals surface area contributed by atoms with Crippen LogP contribution in [0.25, 0.3) is 0 Å². The second-order valence-corrected chi connectivity index (χ2v) is 2.65. The second kappa shape index (κ2) is 4.39. The van der Waals surface area contributed by atoms with E-state index in [4.69, 9.17) is 9.84 Å². The summed E-state index contributed by atoms with van der Waals surface area (Å²) in [6, 6.07) is 3.91. The lowest BCUT2D eigenvalue weighted by Crippen LogP contribution is -2.17. The number of alkyl halides is 3. The molecule has 15 heavy (non-hydrogen) atoms. The van der Waals surface area contributed by atoms with Crippen molar-refractivity contribution in [3.8, 4) is 11.5 Å². The van der Waals surface area contributed by atoms with Crippen LogP contribution in [0.3, 0.4) is 0 Å². The Morgan fingerprint density at radius 1 is 1.33 bits per heavy atom. The molecule has 1 aromatic carbocycles. The maximum Gasteiger partial charge on any atom is 0.573 e. The Bertz CT molecular complexity index is 336. The number of ether oxygens (including phenoxy) is 2. The third kappa shape index (κ3) is 3.02. The first-order valence-corrected chi connectivity index (χ1v) is 4.00. The molecule has 0 saturated heterocycles. The van der Waals surface area contributed by atoms with Crippen molar-refractivity contribution in [2.24, 2.45) is 0 Å². The number of para-hydroxylation sites is 1. The monoisotopic (exact) mass is 222 g/mol. The molecule has 1 N–H and O–H groups in total. The molecule has 0 amide bonds. The molecule has 1 aromatic rings. The summed E-state index contributed by atoms with van der Waals surface area (Å²) in [5.41, 5.74) is 0.235. The SMILES string of the molecule is COc1c(CO)cccc1OC(F)(F)F. The Balaban J connectivity index is 3.06. The number of hydrogen-bond donors (Lipinski definition) is 1. The quantitative estimate of drug-likeness (QED) is 0.850. The zero-order valence-corrected chi connectivity index (χ0v) is 7.84. The van der Waals surface area contributed by atoms with Gasteiger partial charge in [-0.2, -0.15) is 0 Å². The number of rotatable bonds is 3. The third-order valence-electron chi connectivity index (χ3n) is 1.66. The highest BCUT2D eigenvalue weighted by Crippen LogP contribution is 2.34. The number of benzene rings is 1. The van der Waals surface area contributed by atoms with E-state index in [0.29, 0.717) is 0 Å². The third-order valence-corrected chi connectivity index (χ3v) is 1.66. The normalized spacial score (nSPS) is 11.3. The van der Waals surface area contributed by atoms with E-state index in [1.165, 1.54) is 19.2 Å². The summed E-state index contributed by atoms with van der Waals surface area (Å²) in [6.07, 6.45) is -4.78. The van der Waals surface area contributed by atoms with Gasteiger partial charge in [0.05, 0.1) is 13.7 Å². The highest BCUT2D eigenvalue weighted by atomic mass is 19.4. The molecule has 0 bridgehead atoms. The molecule has 0 radical (unpaired) electrons. The van der Waals surface area contributed by atoms with Crippen molar-refractivity contribution in [2.75, 3.05) is 7.11 Å². The van der Waals surface area contributed by atoms with E-state index >= 15 is 0 Å². The van der Waals surface area contributed by atoms with Gasteiger partial charge in [-0.05, 0) is 6.07 Å². The zero-order chi connectivity index (χ0) is 11.5. The Labute approximate surface area is 84.0 Å². The zero-order valence-electron chi connectivity index (χ0n) is 7.84. The van der Waals surface area contributed by atoms with E-state index in [1.54, 1.807) is 0 Å². The number of methoxy groups -OCH3 is 1. The minimum absolute atomic E-state index is 0.114. The fraction of sp³-hybridized carbons (Fsp3) is 0.333. The molecule has 0 saturated carbocycles. The molecule has 0 atom stereocenters. The van der Waals surface area contributed by atoms with Crippen LogP contribution in [-0.4, -0.2) is 18.6 Å². The standard InChI is InChI=1S/C9H9F3O3/c1-14-8-6(5-13)3-2-4-7(8)15-9(10,11)12/h2-4,13H,5H2,1H3. The number of aliphatic hydroxyl groups is 1. The van der Waals surface area contributed by atoms with Crippen LogP contribution in [0.5, 0.6) is 11.5 Å². The Hall–Kier alpha value is -1.43. The first-order valence-electron chi connectivity index (χ1n) is 4.00. The van der Waals surface area contributed by atoms with Gasteiger partial charge in [0, 0.05) is 5.56 Å². The maximum absolute atomic E-state index is 12.0. The van der Waals surface area contributed by atoms with E-state index in [1.807, 2.05) is 0 Å². The molecule has 0 aliphatic heterocycles. The smallest absolute Gasteiger partial charge is 0.492 e. The summed E-state index contributed by atoms with van der Waals surface area (Å²) in [6.45, 7) is -0.418. The molecule has 0 aliphatic carbocycles. The Morgan fingerprint density at radius 3 is 2.47 bits per heavy atom. The van der Waals surface area contributed by atoms with Gasteiger partial charge in [0.2, 0.25) is 0 Å². The summed E-state index contributed by atoms with van der Waals surface area (Å²) in [4.78, 5) is 0. The van der Waals surface area contributed by atoms with Crippen molar-refractivity contribution < 1.29 is 27.8 Å². The molecule has 0 unspecified atom stereocenters. The van der Waals surface area contributed by atoms with Gasteiger partial charge in [0.1, 0.15) is 0 Å². The lowest BCUT2D eigenvalue weighted by atomic mass is 10.2. The van der Waals surface area contributed by atoms with Crippen molar-refractivity contribution in [3.05, 3.63) is 23.8 Å². The second-order valence-electron chi connectivity index (χ2n) is 2.65. The lowest BCUT2D eigenvalue weighted by molar-refractivity contribution is -0.275. The minimum atomic E-state index is -4.78. The first kappa shape index (κ1) is 11.6. The number of aliphatic hydroxyl groups excluding tert-OH is 1. The van der Waals surface area contributed by atoms with Crippen LogP contribution in [-0.2, 0) is 6.61 Å². The molecule has 0 heterocycles. The lowest BCUT2D eigenvalue weighted by Gasteiger charge is -2.14. The van der Waals surface area contributed by atoms with Crippen LogP contribution in [0.4, 0.5) is 13.2 Å². The van der Waals surface area contributed by atoms with Gasteiger partial charge in [-0.25, -0.2) is 0 Å². The average Bonchev–Trinajstić information content (AvgIpc) is 2.15. The van der Waals surface area contributed by atoms with Crippen LogP contribution in [0, 0.1) is 0 Å². The summed E-state index contributed by atoms with van der Waals surface area (Å²) >= 11 is 0. The van der Waals surface area contributed by atoms with Gasteiger partial charge in [0.15, 0.2) is 11.5 Å². The molecule has 0 fully saturated rings. The van der Waals surface area contributed by atoms with Crippen LogP contribution < -0.4 is 9.47 Å². The molecule has 0 aromatic heterocycles. The van der Waals surface area contributed by atoms with Gasteiger partial charge < -0.3 is 14.6 Å². The van der Waals surface area contributed by atoms with Crippen LogP contribution in [0.15, 0.2) is 18.2 Å². The summed E-state index contributed by atoms with van der Waals surface area (Å²) in [5, 5.41) is 8.86. The predicted octanol–water partition coefficient (Wildman–Crippen LogP) is 2.09. The van der Waals surface area contributed by atoms with Gasteiger partial charge in [-0.15, -0.1) is 13.2 Å². The van der Waals surface area contributed by atoms with E-state index in [0.717, 1.165) is 6.07 Å². The average molecular weight is 222 g/mol. The molecule has 84 valence electrons. The number of halogens is 3. The molecule has 0 aliphatic rings. The minimum Gasteiger partial charge on any atom is -0.492 e. The van der Waals surface area contributed by atoms with Gasteiger partial charge in [-0.3, -0.25) is 0 Å². The van der Waals surface area contributed by atoms with Crippen molar-refractivity contribution in [3.63, 3.8) is 0 Å². The van der Waals surface area contributed by atoms with E-state index < -0.39 is 18.7 Å². The van der Waals surface area contributed by atoms with Crippen molar-refractivity contribution in [1.29, 1.82) is 0 Å². The summed E-state index contributed by atoms with van der Waals surface area (Å²) < 4.78 is 44.3. The van der Waals surface area contributed by atoms with Crippen LogP contribution >= 0.6 is 0 Å². The van der Waals surface area contributed by atoms with Crippen molar-refractivity contribution in [2.45, 2.75) is 13.0 Å². The van der Waals surface area contributed by atoms with Crippen molar-refractivity contribution >= 4 is 0 Å². The summed E-state index contributed by atoms with van der Waals surface area (Å²) in [7, 11) is 1.21. The van der Waals surface area contributed by atoms with Gasteiger partial charge in [0.25, 0.3) is 0 Å². The predicted molar refractivity (Wildman–Crippen MR) is 45.6 cm³/mol. The van der Waals surface area contributed by atoms with Gasteiger partial charge in [-0.1, -0.05) is 12.1 Å². The molecule has 3 nitrogen and oxygen atoms in total. The Morgan fingerprint density at radius 2 is 2.00 bits per heavy atom. The molecule has 1 rings (SSSR count). The summed E-state index contributed by atoms with van der Waals surface area (Å²) in [5.74, 6) is -0.575. The highest BCUT2D eigenvalue weighted by Gasteiger charge is 2.32. The van der Waals surface area contributed by atoms with E-state index in [-0.39, 0.29) is 11.3 Å². The van der Waals surface area contributed by atoms with Crippen LogP contribution in [0.2, 0.25) is 0 Å². The topological polar surface area (TPSA) is 38.7 Å². The molecular formula is C9H9F3O3. The largest absolute Gasteiger partial charge is 0.573 e. The molecule has 6 heteroatoms. The maximum atomic E-state index is 12.0. The molecular weight excluding hydrogens is 213 g/mol. The van der Waals surface area contributed by atoms with E-state index in [2.05, 4.69) is 4.74 Å². The highest BCUT2D eigenvalue weighted by molar-refractivity contribution is 5.46. The van der Waals surface area contributed by atoms with Gasteiger partial charge >= 0.3 is 6.36 Å². The molecule has 0 spiro atoms. The van der Waals surface area contributed by atoms with E-state index in [9.17, 15) is 13.2 Å². The first-order chi connectivity index (χ1) is 6.98. The fourth-order valence-electron chi connectivity index (χ4n) is 1.12. The van der Waals surface area contributed by atoms with Crippen molar-refractivity contribution in [1.82, 2.24) is 0 Å². The van der Waals surface area contributed by atoms with Crippen LogP contribution in [0.1, 0.15) is 5.56 Å². The number of hydrogen-bond acceptors (Lipinski definition) is 3.